The molecule has 0 bridgehead atoms. The van der Waals surface area contributed by atoms with Crippen molar-refractivity contribution in [2.24, 2.45) is 0 Å². The first-order valence-corrected chi connectivity index (χ1v) is 6.81. The molecule has 1 aliphatic heterocycles. The number of ketones is 1. The molecular formula is C15H19NO4. The Hall–Kier alpha value is -1.88. The van der Waals surface area contributed by atoms with Crippen LogP contribution < -0.4 is 4.74 Å². The maximum atomic E-state index is 12.0. The van der Waals surface area contributed by atoms with Crippen LogP contribution in [0.2, 0.25) is 0 Å². The fourth-order valence-electron chi connectivity index (χ4n) is 2.21. The van der Waals surface area contributed by atoms with Crippen molar-refractivity contribution >= 4 is 11.7 Å². The van der Waals surface area contributed by atoms with Gasteiger partial charge in [-0.05, 0) is 18.1 Å². The molecule has 0 aliphatic carbocycles. The van der Waals surface area contributed by atoms with E-state index in [1.807, 2.05) is 18.2 Å². The van der Waals surface area contributed by atoms with Crippen LogP contribution in [0.15, 0.2) is 24.3 Å². The molecule has 5 nitrogen and oxygen atoms in total. The maximum absolute atomic E-state index is 12.0. The van der Waals surface area contributed by atoms with E-state index in [0.717, 1.165) is 5.56 Å². The standard InChI is InChI=1S/C15H19NO4/c17-10-7-12-3-1-2-4-14(12)20-11-15(19)16-8-5-13(18)6-9-16/h1-4,17H,5-11H2. The van der Waals surface area contributed by atoms with Crippen LogP contribution in [0.4, 0.5) is 0 Å². The van der Waals surface area contributed by atoms with Crippen LogP contribution in [0, 0.1) is 0 Å². The number of Topliss-reactive ketones (excluding diaryl/α,β-unsaturated/α-hetero) is 1. The monoisotopic (exact) mass is 277 g/mol. The molecular weight excluding hydrogens is 258 g/mol. The van der Waals surface area contributed by atoms with Crippen molar-refractivity contribution in [3.05, 3.63) is 29.8 Å². The molecule has 1 fully saturated rings. The van der Waals surface area contributed by atoms with Gasteiger partial charge < -0.3 is 14.7 Å². The highest BCUT2D eigenvalue weighted by molar-refractivity contribution is 5.84. The summed E-state index contributed by atoms with van der Waals surface area (Å²) in [5.41, 5.74) is 0.886. The summed E-state index contributed by atoms with van der Waals surface area (Å²) in [6.45, 7) is 0.984. The zero-order valence-corrected chi connectivity index (χ0v) is 11.4. The molecule has 0 radical (unpaired) electrons. The van der Waals surface area contributed by atoms with Gasteiger partial charge in [0.15, 0.2) is 6.61 Å². The summed E-state index contributed by atoms with van der Waals surface area (Å²) < 4.78 is 5.54. The highest BCUT2D eigenvalue weighted by Gasteiger charge is 2.21. The van der Waals surface area contributed by atoms with Gasteiger partial charge in [-0.3, -0.25) is 9.59 Å². The minimum atomic E-state index is -0.101. The minimum absolute atomic E-state index is 0.0311. The van der Waals surface area contributed by atoms with E-state index in [-0.39, 0.29) is 24.9 Å². The van der Waals surface area contributed by atoms with Gasteiger partial charge in [0.1, 0.15) is 11.5 Å². The number of aliphatic hydroxyl groups excluding tert-OH is 1. The number of carbonyl (C=O) groups is 2. The molecule has 20 heavy (non-hydrogen) atoms. The fourth-order valence-corrected chi connectivity index (χ4v) is 2.21. The van der Waals surface area contributed by atoms with Crippen molar-refractivity contribution in [2.45, 2.75) is 19.3 Å². The van der Waals surface area contributed by atoms with Crippen LogP contribution in [0.1, 0.15) is 18.4 Å². The third-order valence-corrected chi connectivity index (χ3v) is 3.38. The predicted molar refractivity (Wildman–Crippen MR) is 73.5 cm³/mol. The average molecular weight is 277 g/mol. The van der Waals surface area contributed by atoms with E-state index in [1.54, 1.807) is 11.0 Å². The Morgan fingerprint density at radius 3 is 2.65 bits per heavy atom. The number of benzene rings is 1. The predicted octanol–water partition coefficient (Wildman–Crippen LogP) is 0.792. The first-order valence-electron chi connectivity index (χ1n) is 6.81. The van der Waals surface area contributed by atoms with Gasteiger partial charge in [0.05, 0.1) is 0 Å². The van der Waals surface area contributed by atoms with Crippen molar-refractivity contribution < 1.29 is 19.4 Å². The highest BCUT2D eigenvalue weighted by atomic mass is 16.5. The van der Waals surface area contributed by atoms with Crippen molar-refractivity contribution in [3.63, 3.8) is 0 Å². The molecule has 2 rings (SSSR count). The summed E-state index contributed by atoms with van der Waals surface area (Å²) in [7, 11) is 0. The Labute approximate surface area is 118 Å². The lowest BCUT2D eigenvalue weighted by molar-refractivity contribution is -0.136. The largest absolute Gasteiger partial charge is 0.483 e. The molecule has 1 aromatic rings. The number of hydrogen-bond donors (Lipinski definition) is 1. The number of carbonyl (C=O) groups excluding carboxylic acids is 2. The fraction of sp³-hybridized carbons (Fsp3) is 0.467. The van der Waals surface area contributed by atoms with Crippen LogP contribution in [-0.4, -0.2) is 48.0 Å². The van der Waals surface area contributed by atoms with Crippen molar-refractivity contribution in [3.8, 4) is 5.75 Å². The number of aliphatic hydroxyl groups is 1. The lowest BCUT2D eigenvalue weighted by atomic mass is 10.1. The number of piperidine rings is 1. The number of ether oxygens (including phenoxy) is 1. The second kappa shape index (κ2) is 7.05. The van der Waals surface area contributed by atoms with E-state index in [1.165, 1.54) is 0 Å². The normalized spacial score (nSPS) is 15.2. The third-order valence-electron chi connectivity index (χ3n) is 3.38. The quantitative estimate of drug-likeness (QED) is 0.864. The summed E-state index contributed by atoms with van der Waals surface area (Å²) in [5, 5.41) is 8.99. The number of rotatable bonds is 5. The number of nitrogens with zero attached hydrogens (tertiary/aromatic N) is 1. The Kier molecular flexibility index (Phi) is 5.12. The van der Waals surface area contributed by atoms with Gasteiger partial charge in [0.25, 0.3) is 5.91 Å². The molecule has 0 aromatic heterocycles. The average Bonchev–Trinajstić information content (AvgIpc) is 2.47. The first kappa shape index (κ1) is 14.5. The van der Waals surface area contributed by atoms with Crippen LogP contribution in [0.3, 0.4) is 0 Å². The number of amides is 1. The van der Waals surface area contributed by atoms with Gasteiger partial charge in [-0.1, -0.05) is 18.2 Å². The molecule has 0 atom stereocenters. The van der Waals surface area contributed by atoms with E-state index in [2.05, 4.69) is 0 Å². The second-order valence-electron chi connectivity index (χ2n) is 4.79. The summed E-state index contributed by atoms with van der Waals surface area (Å²) in [6.07, 6.45) is 1.38. The van der Waals surface area contributed by atoms with Gasteiger partial charge >= 0.3 is 0 Å². The van der Waals surface area contributed by atoms with Crippen LogP contribution >= 0.6 is 0 Å². The van der Waals surface area contributed by atoms with E-state index >= 15 is 0 Å². The first-order chi connectivity index (χ1) is 9.70. The molecule has 0 saturated carbocycles. The molecule has 5 heteroatoms. The van der Waals surface area contributed by atoms with Crippen molar-refractivity contribution in [1.29, 1.82) is 0 Å². The zero-order chi connectivity index (χ0) is 14.4. The zero-order valence-electron chi connectivity index (χ0n) is 11.4. The Balaban J connectivity index is 1.88. The van der Waals surface area contributed by atoms with Gasteiger partial charge in [0, 0.05) is 32.5 Å². The summed E-state index contributed by atoms with van der Waals surface area (Å²) >= 11 is 0. The SMILES string of the molecule is O=C1CCN(C(=O)COc2ccccc2CCO)CC1. The van der Waals surface area contributed by atoms with Gasteiger partial charge in [-0.25, -0.2) is 0 Å². The molecule has 0 unspecified atom stereocenters. The van der Waals surface area contributed by atoms with Gasteiger partial charge in [-0.15, -0.1) is 0 Å². The molecule has 1 aliphatic rings. The van der Waals surface area contributed by atoms with Crippen molar-refractivity contribution in [1.82, 2.24) is 4.90 Å². The van der Waals surface area contributed by atoms with Gasteiger partial charge in [0.2, 0.25) is 0 Å². The van der Waals surface area contributed by atoms with Crippen LogP contribution in [0.5, 0.6) is 5.75 Å². The van der Waals surface area contributed by atoms with E-state index in [9.17, 15) is 9.59 Å². The summed E-state index contributed by atoms with van der Waals surface area (Å²) in [6, 6.07) is 7.36. The number of hydrogen-bond acceptors (Lipinski definition) is 4. The topological polar surface area (TPSA) is 66.8 Å². The molecule has 1 saturated heterocycles. The molecule has 108 valence electrons. The second-order valence-corrected chi connectivity index (χ2v) is 4.79. The number of likely N-dealkylation sites (tertiary alicyclic amines) is 1. The van der Waals surface area contributed by atoms with Gasteiger partial charge in [-0.2, -0.15) is 0 Å². The van der Waals surface area contributed by atoms with E-state index in [0.29, 0.717) is 38.1 Å². The van der Waals surface area contributed by atoms with Crippen LogP contribution in [0.25, 0.3) is 0 Å². The van der Waals surface area contributed by atoms with Crippen LogP contribution in [-0.2, 0) is 16.0 Å². The molecule has 1 aromatic carbocycles. The number of para-hydroxylation sites is 1. The summed E-state index contributed by atoms with van der Waals surface area (Å²) in [4.78, 5) is 24.8. The molecule has 0 spiro atoms. The smallest absolute Gasteiger partial charge is 0.260 e. The Morgan fingerprint density at radius 2 is 1.95 bits per heavy atom. The Bertz CT molecular complexity index is 477. The van der Waals surface area contributed by atoms with Crippen molar-refractivity contribution in [2.75, 3.05) is 26.3 Å². The highest BCUT2D eigenvalue weighted by Crippen LogP contribution is 2.18. The molecule has 1 heterocycles. The molecule has 1 amide bonds. The lowest BCUT2D eigenvalue weighted by Crippen LogP contribution is -2.41. The third kappa shape index (κ3) is 3.81. The molecule has 1 N–H and O–H groups in total. The van der Waals surface area contributed by atoms with E-state index in [4.69, 9.17) is 9.84 Å². The summed E-state index contributed by atoms with van der Waals surface area (Å²) in [5.74, 6) is 0.738. The Morgan fingerprint density at radius 1 is 1.25 bits per heavy atom. The minimum Gasteiger partial charge on any atom is -0.483 e. The lowest BCUT2D eigenvalue weighted by Gasteiger charge is -2.26. The van der Waals surface area contributed by atoms with E-state index < -0.39 is 0 Å². The maximum Gasteiger partial charge on any atom is 0.260 e.